The molecule has 0 saturated carbocycles. The lowest BCUT2D eigenvalue weighted by atomic mass is 10.2. The first kappa shape index (κ1) is 6.86. The fourth-order valence-corrected chi connectivity index (χ4v) is 0.779. The van der Waals surface area contributed by atoms with Gasteiger partial charge in [-0.1, -0.05) is 13.2 Å². The lowest BCUT2D eigenvalue weighted by Crippen LogP contribution is -2.30. The van der Waals surface area contributed by atoms with Crippen LogP contribution in [0.25, 0.3) is 0 Å². The first-order chi connectivity index (χ1) is 4.68. The molecule has 1 aliphatic rings. The quantitative estimate of drug-likeness (QED) is 0.517. The molecular weight excluding hydrogens is 128 g/mol. The Balaban J connectivity index is 2.63. The smallest absolute Gasteiger partial charge is 0.312 e. The maximum atomic E-state index is 10.8. The number of carbonyl (C=O) groups is 1. The minimum absolute atomic E-state index is 0.229. The predicted molar refractivity (Wildman–Crippen MR) is 39.2 cm³/mol. The van der Waals surface area contributed by atoms with Crippen LogP contribution in [0.15, 0.2) is 24.6 Å². The van der Waals surface area contributed by atoms with Crippen molar-refractivity contribution in [1.82, 2.24) is 10.6 Å². The number of allylic oxidation sites excluding steroid dienone is 2. The number of hydrogen-bond donors (Lipinski definition) is 2. The van der Waals surface area contributed by atoms with Crippen molar-refractivity contribution >= 4 is 6.03 Å². The van der Waals surface area contributed by atoms with Crippen molar-refractivity contribution in [1.29, 1.82) is 0 Å². The van der Waals surface area contributed by atoms with Crippen LogP contribution in [0, 0.1) is 0 Å². The van der Waals surface area contributed by atoms with E-state index in [4.69, 9.17) is 0 Å². The summed E-state index contributed by atoms with van der Waals surface area (Å²) in [5.74, 6) is 0. The van der Waals surface area contributed by atoms with E-state index in [1.165, 1.54) is 0 Å². The van der Waals surface area contributed by atoms with E-state index in [9.17, 15) is 4.79 Å². The highest BCUT2D eigenvalue weighted by molar-refractivity contribution is 5.77. The van der Waals surface area contributed by atoms with E-state index in [0.717, 1.165) is 24.2 Å². The van der Waals surface area contributed by atoms with Gasteiger partial charge in [0.25, 0.3) is 0 Å². The Morgan fingerprint density at radius 1 is 1.10 bits per heavy atom. The Labute approximate surface area is 59.8 Å². The van der Waals surface area contributed by atoms with E-state index in [0.29, 0.717) is 0 Å². The second-order valence-electron chi connectivity index (χ2n) is 2.29. The summed E-state index contributed by atoms with van der Waals surface area (Å²) < 4.78 is 0. The average Bonchev–Trinajstić information content (AvgIpc) is 1.93. The number of hydrogen-bond acceptors (Lipinski definition) is 1. The maximum Gasteiger partial charge on any atom is 0.323 e. The van der Waals surface area contributed by atoms with Crippen LogP contribution in [0.1, 0.15) is 12.8 Å². The molecule has 0 atom stereocenters. The summed E-state index contributed by atoms with van der Waals surface area (Å²) in [4.78, 5) is 10.8. The standard InChI is InChI=1S/C7H10N2O/c1-5-3-4-6(2)9-7(10)8-5/h1-4H2,(H2,8,9,10). The lowest BCUT2D eigenvalue weighted by molar-refractivity contribution is 0.246. The summed E-state index contributed by atoms with van der Waals surface area (Å²) in [5, 5.41) is 5.13. The third kappa shape index (κ3) is 1.62. The first-order valence-corrected chi connectivity index (χ1v) is 3.12. The minimum atomic E-state index is -0.229. The molecule has 0 radical (unpaired) electrons. The lowest BCUT2D eigenvalue weighted by Gasteiger charge is -2.00. The Hall–Kier alpha value is -1.25. The highest BCUT2D eigenvalue weighted by atomic mass is 16.2. The van der Waals surface area contributed by atoms with Crippen LogP contribution in [-0.4, -0.2) is 6.03 Å². The van der Waals surface area contributed by atoms with Crippen LogP contribution in [-0.2, 0) is 0 Å². The van der Waals surface area contributed by atoms with Crippen molar-refractivity contribution in [3.63, 3.8) is 0 Å². The molecule has 1 aliphatic heterocycles. The summed E-state index contributed by atoms with van der Waals surface area (Å²) in [5.41, 5.74) is 1.49. The molecule has 2 amide bonds. The van der Waals surface area contributed by atoms with Gasteiger partial charge in [-0.15, -0.1) is 0 Å². The second-order valence-corrected chi connectivity index (χ2v) is 2.29. The van der Waals surface area contributed by atoms with Crippen molar-refractivity contribution in [3.05, 3.63) is 24.6 Å². The molecule has 1 fully saturated rings. The van der Waals surface area contributed by atoms with Crippen LogP contribution >= 0.6 is 0 Å². The molecule has 1 saturated heterocycles. The molecule has 3 heteroatoms. The number of carbonyl (C=O) groups excluding carboxylic acids is 1. The van der Waals surface area contributed by atoms with Gasteiger partial charge in [-0.25, -0.2) is 4.79 Å². The molecule has 1 rings (SSSR count). The second kappa shape index (κ2) is 2.56. The number of amides is 2. The molecule has 10 heavy (non-hydrogen) atoms. The average molecular weight is 138 g/mol. The van der Waals surface area contributed by atoms with Gasteiger partial charge in [-0.2, -0.15) is 0 Å². The molecule has 0 spiro atoms. The zero-order chi connectivity index (χ0) is 7.56. The molecule has 0 aromatic rings. The van der Waals surface area contributed by atoms with Gasteiger partial charge in [-0.05, 0) is 12.8 Å². The molecule has 0 bridgehead atoms. The van der Waals surface area contributed by atoms with Crippen molar-refractivity contribution < 1.29 is 4.79 Å². The monoisotopic (exact) mass is 138 g/mol. The Morgan fingerprint density at radius 2 is 1.50 bits per heavy atom. The zero-order valence-electron chi connectivity index (χ0n) is 5.74. The van der Waals surface area contributed by atoms with Crippen LogP contribution < -0.4 is 10.6 Å². The summed E-state index contributed by atoms with van der Waals surface area (Å²) >= 11 is 0. The van der Waals surface area contributed by atoms with Gasteiger partial charge in [0.15, 0.2) is 0 Å². The Morgan fingerprint density at radius 3 is 1.90 bits per heavy atom. The maximum absolute atomic E-state index is 10.8. The molecule has 54 valence electrons. The normalized spacial score (nSPS) is 19.4. The molecule has 0 unspecified atom stereocenters. The highest BCUT2D eigenvalue weighted by Crippen LogP contribution is 2.07. The van der Waals surface area contributed by atoms with Crippen LogP contribution in [0.5, 0.6) is 0 Å². The van der Waals surface area contributed by atoms with E-state index in [1.54, 1.807) is 0 Å². The van der Waals surface area contributed by atoms with Gasteiger partial charge in [-0.3, -0.25) is 0 Å². The van der Waals surface area contributed by atoms with Crippen LogP contribution in [0.3, 0.4) is 0 Å². The van der Waals surface area contributed by atoms with E-state index in [1.807, 2.05) is 0 Å². The third-order valence-corrected chi connectivity index (χ3v) is 1.31. The minimum Gasteiger partial charge on any atom is -0.312 e. The molecule has 0 aromatic carbocycles. The molecular formula is C7H10N2O. The van der Waals surface area contributed by atoms with Crippen molar-refractivity contribution in [2.75, 3.05) is 0 Å². The fourth-order valence-electron chi connectivity index (χ4n) is 0.779. The van der Waals surface area contributed by atoms with Gasteiger partial charge in [0.2, 0.25) is 0 Å². The first-order valence-electron chi connectivity index (χ1n) is 3.12. The van der Waals surface area contributed by atoms with Crippen LogP contribution in [0.2, 0.25) is 0 Å². The highest BCUT2D eigenvalue weighted by Gasteiger charge is 2.08. The topological polar surface area (TPSA) is 41.1 Å². The summed E-state index contributed by atoms with van der Waals surface area (Å²) in [7, 11) is 0. The molecule has 3 nitrogen and oxygen atoms in total. The number of rotatable bonds is 0. The fraction of sp³-hybridized carbons (Fsp3) is 0.286. The van der Waals surface area contributed by atoms with E-state index in [-0.39, 0.29) is 6.03 Å². The van der Waals surface area contributed by atoms with Gasteiger partial charge >= 0.3 is 6.03 Å². The van der Waals surface area contributed by atoms with Crippen LogP contribution in [0.4, 0.5) is 4.79 Å². The Bertz CT molecular complexity index is 176. The summed E-state index contributed by atoms with van der Waals surface area (Å²) in [6.07, 6.45) is 1.55. The van der Waals surface area contributed by atoms with Gasteiger partial charge in [0.05, 0.1) is 0 Å². The number of urea groups is 1. The summed E-state index contributed by atoms with van der Waals surface area (Å²) in [6.45, 7) is 7.29. The SMILES string of the molecule is C=C1CCC(=C)NC(=O)N1. The van der Waals surface area contributed by atoms with E-state index in [2.05, 4.69) is 23.8 Å². The van der Waals surface area contributed by atoms with Gasteiger partial charge in [0.1, 0.15) is 0 Å². The van der Waals surface area contributed by atoms with E-state index < -0.39 is 0 Å². The molecule has 0 aliphatic carbocycles. The predicted octanol–water partition coefficient (Wildman–Crippen LogP) is 1.11. The molecule has 2 N–H and O–H groups in total. The molecule has 1 heterocycles. The van der Waals surface area contributed by atoms with E-state index >= 15 is 0 Å². The largest absolute Gasteiger partial charge is 0.323 e. The Kier molecular flexibility index (Phi) is 1.76. The molecule has 0 aromatic heterocycles. The van der Waals surface area contributed by atoms with Gasteiger partial charge < -0.3 is 10.6 Å². The van der Waals surface area contributed by atoms with Gasteiger partial charge in [0, 0.05) is 11.4 Å². The van der Waals surface area contributed by atoms with Crippen molar-refractivity contribution in [2.24, 2.45) is 0 Å². The summed E-state index contributed by atoms with van der Waals surface area (Å²) in [6, 6.07) is -0.229. The zero-order valence-corrected chi connectivity index (χ0v) is 5.74. The van der Waals surface area contributed by atoms with Crippen molar-refractivity contribution in [3.8, 4) is 0 Å². The van der Waals surface area contributed by atoms with Crippen molar-refractivity contribution in [2.45, 2.75) is 12.8 Å². The number of nitrogens with one attached hydrogen (secondary N) is 2. The third-order valence-electron chi connectivity index (χ3n) is 1.31.